The topological polar surface area (TPSA) is 90.5 Å². The Balaban J connectivity index is 1.66. The minimum Gasteiger partial charge on any atom is -0.351 e. The Morgan fingerprint density at radius 1 is 1.27 bits per heavy atom. The molecule has 0 aromatic heterocycles. The quantitative estimate of drug-likeness (QED) is 0.657. The molecule has 0 radical (unpaired) electrons. The van der Waals surface area contributed by atoms with Crippen molar-refractivity contribution in [3.63, 3.8) is 0 Å². The Bertz CT molecular complexity index is 606. The summed E-state index contributed by atoms with van der Waals surface area (Å²) in [4.78, 5) is 39.1. The van der Waals surface area contributed by atoms with E-state index >= 15 is 0 Å². The summed E-state index contributed by atoms with van der Waals surface area (Å²) in [6, 6.07) is -0.347. The number of carbonyl (C=O) groups is 3. The molecule has 7 heteroatoms. The van der Waals surface area contributed by atoms with Crippen molar-refractivity contribution in [3.05, 3.63) is 0 Å². The van der Waals surface area contributed by atoms with Crippen LogP contribution in [0.4, 0.5) is 4.79 Å². The van der Waals surface area contributed by atoms with Crippen LogP contribution in [-0.4, -0.2) is 54.0 Å². The highest BCUT2D eigenvalue weighted by molar-refractivity contribution is 6.09. The van der Waals surface area contributed by atoms with Crippen LogP contribution in [0.3, 0.4) is 0 Å². The summed E-state index contributed by atoms with van der Waals surface area (Å²) in [5.41, 5.74) is -0.857. The Labute approximate surface area is 155 Å². The lowest BCUT2D eigenvalue weighted by Crippen LogP contribution is -2.55. The number of nitrogens with zero attached hydrogens (tertiary/aromatic N) is 1. The number of imide groups is 1. The number of hydrogen-bond acceptors (Lipinski definition) is 4. The smallest absolute Gasteiger partial charge is 0.325 e. The molecule has 4 atom stereocenters. The van der Waals surface area contributed by atoms with Gasteiger partial charge in [0.25, 0.3) is 5.91 Å². The van der Waals surface area contributed by atoms with Crippen LogP contribution in [0.1, 0.15) is 53.4 Å². The second-order valence-electron chi connectivity index (χ2n) is 9.40. The van der Waals surface area contributed by atoms with Gasteiger partial charge in [0.1, 0.15) is 12.1 Å². The van der Waals surface area contributed by atoms with Gasteiger partial charge in [-0.15, -0.1) is 0 Å². The number of nitrogens with one attached hydrogen (secondary N) is 3. The summed E-state index contributed by atoms with van der Waals surface area (Å²) in [6.07, 6.45) is 3.16. The van der Waals surface area contributed by atoms with Crippen LogP contribution in [-0.2, 0) is 9.59 Å². The Hall–Kier alpha value is -1.63. The minimum atomic E-state index is -0.847. The van der Waals surface area contributed by atoms with Crippen molar-refractivity contribution in [1.29, 1.82) is 0 Å². The van der Waals surface area contributed by atoms with E-state index in [0.29, 0.717) is 24.7 Å². The molecule has 3 N–H and O–H groups in total. The van der Waals surface area contributed by atoms with Gasteiger partial charge in [0, 0.05) is 6.04 Å². The summed E-state index contributed by atoms with van der Waals surface area (Å²) in [7, 11) is 0. The number of amides is 4. The van der Waals surface area contributed by atoms with E-state index in [0.717, 1.165) is 30.8 Å². The van der Waals surface area contributed by atoms with Crippen LogP contribution < -0.4 is 16.0 Å². The van der Waals surface area contributed by atoms with E-state index in [2.05, 4.69) is 43.6 Å². The second-order valence-corrected chi connectivity index (χ2v) is 9.40. The van der Waals surface area contributed by atoms with Gasteiger partial charge in [-0.2, -0.15) is 0 Å². The average molecular weight is 364 g/mol. The Morgan fingerprint density at radius 2 is 2.00 bits per heavy atom. The molecule has 4 amide bonds. The standard InChI is InChI=1S/C19H32N4O3/c1-12-7-18(3,4)11-19(8-12)16(25)23(17(26)22-19)10-15(24)21-14-5-6-20-9-13(14)2/h12-14,20H,5-11H2,1-4H3,(H,21,24)(H,22,26). The minimum absolute atomic E-state index is 0.0105. The van der Waals surface area contributed by atoms with Crippen molar-refractivity contribution in [2.45, 2.75) is 65.0 Å². The monoisotopic (exact) mass is 364 g/mol. The molecule has 1 aliphatic carbocycles. The van der Waals surface area contributed by atoms with E-state index in [9.17, 15) is 14.4 Å². The normalized spacial score (nSPS) is 36.9. The van der Waals surface area contributed by atoms with Crippen molar-refractivity contribution in [3.8, 4) is 0 Å². The zero-order valence-electron chi connectivity index (χ0n) is 16.4. The van der Waals surface area contributed by atoms with Gasteiger partial charge < -0.3 is 16.0 Å². The summed E-state index contributed by atoms with van der Waals surface area (Å²) in [6.45, 7) is 10.0. The molecule has 2 saturated heterocycles. The van der Waals surface area contributed by atoms with Gasteiger partial charge in [0.2, 0.25) is 5.91 Å². The summed E-state index contributed by atoms with van der Waals surface area (Å²) in [5.74, 6) is 0.192. The maximum absolute atomic E-state index is 13.1. The van der Waals surface area contributed by atoms with E-state index < -0.39 is 11.6 Å². The first-order chi connectivity index (χ1) is 12.1. The maximum atomic E-state index is 13.1. The predicted octanol–water partition coefficient (Wildman–Crippen LogP) is 1.24. The van der Waals surface area contributed by atoms with Crippen LogP contribution in [0.15, 0.2) is 0 Å². The predicted molar refractivity (Wildman–Crippen MR) is 98.4 cm³/mol. The number of urea groups is 1. The second kappa shape index (κ2) is 6.83. The molecule has 7 nitrogen and oxygen atoms in total. The third-order valence-corrected chi connectivity index (χ3v) is 6.06. The molecule has 3 aliphatic rings. The molecule has 1 spiro atoms. The van der Waals surface area contributed by atoms with Crippen LogP contribution in [0, 0.1) is 17.3 Å². The first kappa shape index (κ1) is 19.1. The summed E-state index contributed by atoms with van der Waals surface area (Å²) >= 11 is 0. The van der Waals surface area contributed by atoms with Gasteiger partial charge in [-0.25, -0.2) is 4.79 Å². The molecule has 3 rings (SSSR count). The molecule has 26 heavy (non-hydrogen) atoms. The molecule has 4 unspecified atom stereocenters. The lowest BCUT2D eigenvalue weighted by atomic mass is 9.64. The Morgan fingerprint density at radius 3 is 2.65 bits per heavy atom. The number of carbonyl (C=O) groups excluding carboxylic acids is 3. The molecule has 2 heterocycles. The van der Waals surface area contributed by atoms with Crippen molar-refractivity contribution in [1.82, 2.24) is 20.9 Å². The van der Waals surface area contributed by atoms with E-state index in [1.165, 1.54) is 0 Å². The highest BCUT2D eigenvalue weighted by Gasteiger charge is 2.56. The van der Waals surface area contributed by atoms with Crippen LogP contribution in [0.25, 0.3) is 0 Å². The average Bonchev–Trinajstić information content (AvgIpc) is 2.71. The molecule has 1 saturated carbocycles. The van der Waals surface area contributed by atoms with E-state index in [1.54, 1.807) is 0 Å². The van der Waals surface area contributed by atoms with Crippen LogP contribution in [0.5, 0.6) is 0 Å². The third kappa shape index (κ3) is 3.72. The number of rotatable bonds is 3. The zero-order chi connectivity index (χ0) is 19.1. The van der Waals surface area contributed by atoms with Gasteiger partial charge >= 0.3 is 6.03 Å². The first-order valence-corrected chi connectivity index (χ1v) is 9.76. The molecule has 0 aromatic rings. The van der Waals surface area contributed by atoms with Gasteiger partial charge in [-0.3, -0.25) is 14.5 Å². The number of hydrogen-bond donors (Lipinski definition) is 3. The van der Waals surface area contributed by atoms with Gasteiger partial charge in [0.05, 0.1) is 0 Å². The van der Waals surface area contributed by atoms with E-state index in [1.807, 2.05) is 0 Å². The molecule has 0 bridgehead atoms. The van der Waals surface area contributed by atoms with Crippen molar-refractivity contribution < 1.29 is 14.4 Å². The molecule has 3 fully saturated rings. The Kier molecular flexibility index (Phi) is 5.03. The van der Waals surface area contributed by atoms with Gasteiger partial charge in [0.15, 0.2) is 0 Å². The highest BCUT2D eigenvalue weighted by atomic mass is 16.2. The van der Waals surface area contributed by atoms with E-state index in [-0.39, 0.29) is 29.8 Å². The van der Waals surface area contributed by atoms with Crippen molar-refractivity contribution in [2.75, 3.05) is 19.6 Å². The lowest BCUT2D eigenvalue weighted by Gasteiger charge is -2.43. The fourth-order valence-electron chi connectivity index (χ4n) is 5.27. The third-order valence-electron chi connectivity index (χ3n) is 6.06. The highest BCUT2D eigenvalue weighted by Crippen LogP contribution is 2.46. The fourth-order valence-corrected chi connectivity index (χ4v) is 5.27. The molecular weight excluding hydrogens is 332 g/mol. The molecule has 0 aromatic carbocycles. The zero-order valence-corrected chi connectivity index (χ0v) is 16.4. The van der Waals surface area contributed by atoms with Crippen molar-refractivity contribution >= 4 is 17.8 Å². The van der Waals surface area contributed by atoms with Crippen molar-refractivity contribution in [2.24, 2.45) is 17.3 Å². The van der Waals surface area contributed by atoms with Crippen LogP contribution >= 0.6 is 0 Å². The largest absolute Gasteiger partial charge is 0.351 e. The summed E-state index contributed by atoms with van der Waals surface area (Å²) < 4.78 is 0. The SMILES string of the molecule is CC1CC(C)(C)CC2(C1)NC(=O)N(CC(=O)NC1CCNCC1C)C2=O. The van der Waals surface area contributed by atoms with E-state index in [4.69, 9.17) is 0 Å². The first-order valence-electron chi connectivity index (χ1n) is 9.76. The molecule has 146 valence electrons. The van der Waals surface area contributed by atoms with Gasteiger partial charge in [-0.1, -0.05) is 27.7 Å². The fraction of sp³-hybridized carbons (Fsp3) is 0.842. The lowest BCUT2D eigenvalue weighted by molar-refractivity contribution is -0.137. The van der Waals surface area contributed by atoms with Crippen LogP contribution in [0.2, 0.25) is 0 Å². The molecular formula is C19H32N4O3. The van der Waals surface area contributed by atoms with Gasteiger partial charge in [-0.05, 0) is 56.0 Å². The maximum Gasteiger partial charge on any atom is 0.325 e. The summed E-state index contributed by atoms with van der Waals surface area (Å²) in [5, 5.41) is 9.22. The number of piperidine rings is 1. The molecule has 2 aliphatic heterocycles.